The van der Waals surface area contributed by atoms with Crippen LogP contribution < -0.4 is 0 Å². The van der Waals surface area contributed by atoms with Gasteiger partial charge in [0.25, 0.3) is 0 Å². The minimum atomic E-state index is -0.0168. The van der Waals surface area contributed by atoms with Crippen molar-refractivity contribution in [3.8, 4) is 5.75 Å². The lowest BCUT2D eigenvalue weighted by Gasteiger charge is -2.08. The van der Waals surface area contributed by atoms with Gasteiger partial charge in [-0.1, -0.05) is 11.6 Å². The molecule has 4 heteroatoms. The molecule has 76 valence electrons. The minimum Gasteiger partial charge on any atom is -0.506 e. The van der Waals surface area contributed by atoms with Crippen LogP contribution in [0.15, 0.2) is 18.2 Å². The average Bonchev–Trinajstić information content (AvgIpc) is 2.08. The van der Waals surface area contributed by atoms with E-state index in [9.17, 15) is 4.79 Å². The highest BCUT2D eigenvalue weighted by molar-refractivity contribution is 6.32. The Morgan fingerprint density at radius 3 is 2.64 bits per heavy atom. The van der Waals surface area contributed by atoms with E-state index in [1.54, 1.807) is 11.0 Å². The van der Waals surface area contributed by atoms with E-state index >= 15 is 0 Å². The molecule has 0 saturated heterocycles. The molecule has 0 atom stereocenters. The second-order valence-corrected chi connectivity index (χ2v) is 3.73. The predicted molar refractivity (Wildman–Crippen MR) is 56.0 cm³/mol. The lowest BCUT2D eigenvalue weighted by molar-refractivity contribution is 0.0958. The quantitative estimate of drug-likeness (QED) is 0.779. The van der Waals surface area contributed by atoms with Gasteiger partial charge in [0.15, 0.2) is 5.78 Å². The number of benzene rings is 1. The second-order valence-electron chi connectivity index (χ2n) is 3.33. The first-order valence-electron chi connectivity index (χ1n) is 4.17. The maximum absolute atomic E-state index is 11.5. The molecule has 0 aromatic heterocycles. The molecule has 0 spiro atoms. The van der Waals surface area contributed by atoms with Crippen LogP contribution >= 0.6 is 11.6 Å². The van der Waals surface area contributed by atoms with Crippen LogP contribution in [0.25, 0.3) is 0 Å². The van der Waals surface area contributed by atoms with Crippen molar-refractivity contribution in [3.63, 3.8) is 0 Å². The highest BCUT2D eigenvalue weighted by atomic mass is 35.5. The standard InChI is InChI=1S/C10H12ClNO2/c1-12(2)6-10(14)7-3-4-9(13)8(11)5-7/h3-5,13H,6H2,1-2H3. The Morgan fingerprint density at radius 1 is 1.50 bits per heavy atom. The van der Waals surface area contributed by atoms with Gasteiger partial charge < -0.3 is 10.0 Å². The van der Waals surface area contributed by atoms with Crippen LogP contribution in [-0.2, 0) is 0 Å². The largest absolute Gasteiger partial charge is 0.506 e. The molecule has 0 aliphatic heterocycles. The topological polar surface area (TPSA) is 40.5 Å². The Morgan fingerprint density at radius 2 is 2.14 bits per heavy atom. The monoisotopic (exact) mass is 213 g/mol. The van der Waals surface area contributed by atoms with Gasteiger partial charge in [0.2, 0.25) is 0 Å². The first kappa shape index (κ1) is 11.0. The Bertz CT molecular complexity index is 350. The number of likely N-dealkylation sites (N-methyl/N-ethyl adjacent to an activating group) is 1. The summed E-state index contributed by atoms with van der Waals surface area (Å²) < 4.78 is 0. The van der Waals surface area contributed by atoms with Gasteiger partial charge in [-0.25, -0.2) is 0 Å². The molecule has 0 aliphatic carbocycles. The van der Waals surface area contributed by atoms with Crippen molar-refractivity contribution in [2.45, 2.75) is 0 Å². The molecule has 1 N–H and O–H groups in total. The maximum Gasteiger partial charge on any atom is 0.176 e. The molecule has 1 rings (SSSR count). The van der Waals surface area contributed by atoms with Crippen molar-refractivity contribution < 1.29 is 9.90 Å². The Kier molecular flexibility index (Phi) is 3.49. The van der Waals surface area contributed by atoms with Crippen molar-refractivity contribution in [1.82, 2.24) is 4.90 Å². The first-order chi connectivity index (χ1) is 6.50. The van der Waals surface area contributed by atoms with Gasteiger partial charge in [-0.15, -0.1) is 0 Å². The summed E-state index contributed by atoms with van der Waals surface area (Å²) in [7, 11) is 3.64. The van der Waals surface area contributed by atoms with E-state index in [-0.39, 0.29) is 16.6 Å². The third-order valence-electron chi connectivity index (χ3n) is 1.73. The maximum atomic E-state index is 11.5. The van der Waals surface area contributed by atoms with Gasteiger partial charge in [0, 0.05) is 5.56 Å². The van der Waals surface area contributed by atoms with Crippen LogP contribution in [-0.4, -0.2) is 36.4 Å². The molecule has 1 aromatic rings. The molecule has 14 heavy (non-hydrogen) atoms. The molecule has 0 unspecified atom stereocenters. The summed E-state index contributed by atoms with van der Waals surface area (Å²) in [5.41, 5.74) is 0.515. The van der Waals surface area contributed by atoms with Crippen molar-refractivity contribution in [2.75, 3.05) is 20.6 Å². The zero-order chi connectivity index (χ0) is 10.7. The number of phenolic OH excluding ortho intramolecular Hbond substituents is 1. The highest BCUT2D eigenvalue weighted by Gasteiger charge is 2.08. The van der Waals surface area contributed by atoms with E-state index in [1.165, 1.54) is 12.1 Å². The van der Waals surface area contributed by atoms with Crippen LogP contribution in [0.5, 0.6) is 5.75 Å². The minimum absolute atomic E-state index is 0.00642. The fourth-order valence-corrected chi connectivity index (χ4v) is 1.24. The number of nitrogens with zero attached hydrogens (tertiary/aromatic N) is 1. The highest BCUT2D eigenvalue weighted by Crippen LogP contribution is 2.23. The molecule has 0 amide bonds. The van der Waals surface area contributed by atoms with Crippen molar-refractivity contribution in [1.29, 1.82) is 0 Å². The SMILES string of the molecule is CN(C)CC(=O)c1ccc(O)c(Cl)c1. The third kappa shape index (κ3) is 2.72. The van der Waals surface area contributed by atoms with E-state index in [2.05, 4.69) is 0 Å². The second kappa shape index (κ2) is 4.44. The fourth-order valence-electron chi connectivity index (χ4n) is 1.06. The van der Waals surface area contributed by atoms with Crippen LogP contribution in [0.1, 0.15) is 10.4 Å². The molecule has 0 radical (unpaired) electrons. The van der Waals surface area contributed by atoms with Crippen LogP contribution in [0, 0.1) is 0 Å². The zero-order valence-corrected chi connectivity index (χ0v) is 8.88. The van der Waals surface area contributed by atoms with Gasteiger partial charge in [-0.05, 0) is 32.3 Å². The van der Waals surface area contributed by atoms with Crippen LogP contribution in [0.4, 0.5) is 0 Å². The zero-order valence-electron chi connectivity index (χ0n) is 8.12. The molecule has 0 saturated carbocycles. The summed E-state index contributed by atoms with van der Waals surface area (Å²) in [6.07, 6.45) is 0. The number of Topliss-reactive ketones (excluding diaryl/α,β-unsaturated/α-hetero) is 1. The lowest BCUT2D eigenvalue weighted by Crippen LogP contribution is -2.21. The number of hydrogen-bond acceptors (Lipinski definition) is 3. The number of hydrogen-bond donors (Lipinski definition) is 1. The number of carbonyl (C=O) groups excluding carboxylic acids is 1. The third-order valence-corrected chi connectivity index (χ3v) is 2.03. The van der Waals surface area contributed by atoms with Crippen molar-refractivity contribution >= 4 is 17.4 Å². The summed E-state index contributed by atoms with van der Waals surface area (Å²) in [6, 6.07) is 4.46. The molecule has 0 fully saturated rings. The summed E-state index contributed by atoms with van der Waals surface area (Å²) in [4.78, 5) is 13.3. The molecule has 0 aliphatic rings. The lowest BCUT2D eigenvalue weighted by atomic mass is 10.1. The van der Waals surface area contributed by atoms with E-state index < -0.39 is 0 Å². The number of carbonyl (C=O) groups is 1. The number of aromatic hydroxyl groups is 1. The molecular formula is C10H12ClNO2. The van der Waals surface area contributed by atoms with Gasteiger partial charge in [0.1, 0.15) is 5.75 Å². The van der Waals surface area contributed by atoms with E-state index in [1.807, 2.05) is 14.1 Å². The Labute approximate surface area is 87.9 Å². The smallest absolute Gasteiger partial charge is 0.176 e. The summed E-state index contributed by atoms with van der Waals surface area (Å²) in [5, 5.41) is 9.36. The number of ketones is 1. The first-order valence-corrected chi connectivity index (χ1v) is 4.55. The number of rotatable bonds is 3. The average molecular weight is 214 g/mol. The molecule has 1 aromatic carbocycles. The van der Waals surface area contributed by atoms with Gasteiger partial charge in [0.05, 0.1) is 11.6 Å². The van der Waals surface area contributed by atoms with Gasteiger partial charge >= 0.3 is 0 Å². The van der Waals surface area contributed by atoms with E-state index in [0.29, 0.717) is 12.1 Å². The predicted octanol–water partition coefficient (Wildman–Crippen LogP) is 1.79. The van der Waals surface area contributed by atoms with Crippen molar-refractivity contribution in [2.24, 2.45) is 0 Å². The van der Waals surface area contributed by atoms with E-state index in [4.69, 9.17) is 16.7 Å². The van der Waals surface area contributed by atoms with Crippen LogP contribution in [0.2, 0.25) is 5.02 Å². The summed E-state index contributed by atoms with van der Waals surface area (Å²) >= 11 is 5.68. The van der Waals surface area contributed by atoms with Crippen molar-refractivity contribution in [3.05, 3.63) is 28.8 Å². The molecule has 3 nitrogen and oxygen atoms in total. The summed E-state index contributed by atoms with van der Waals surface area (Å²) in [5.74, 6) is -0.0232. The number of halogens is 1. The van der Waals surface area contributed by atoms with E-state index in [0.717, 1.165) is 0 Å². The Hall–Kier alpha value is -1.06. The van der Waals surface area contributed by atoms with Crippen LogP contribution in [0.3, 0.4) is 0 Å². The van der Waals surface area contributed by atoms with Gasteiger partial charge in [-0.2, -0.15) is 0 Å². The molecular weight excluding hydrogens is 202 g/mol. The normalized spacial score (nSPS) is 10.6. The fraction of sp³-hybridized carbons (Fsp3) is 0.300. The Balaban J connectivity index is 2.86. The number of phenols is 1. The molecule has 0 heterocycles. The molecule has 0 bridgehead atoms. The summed E-state index contributed by atoms with van der Waals surface area (Å²) in [6.45, 7) is 0.334. The van der Waals surface area contributed by atoms with Gasteiger partial charge in [-0.3, -0.25) is 4.79 Å².